The molecule has 0 radical (unpaired) electrons. The first-order valence-corrected chi connectivity index (χ1v) is 8.59. The van der Waals surface area contributed by atoms with Crippen LogP contribution < -0.4 is 4.90 Å². The molecule has 1 saturated heterocycles. The zero-order valence-electron chi connectivity index (χ0n) is 14.2. The highest BCUT2D eigenvalue weighted by Gasteiger charge is 2.25. The van der Waals surface area contributed by atoms with E-state index in [2.05, 4.69) is 33.0 Å². The van der Waals surface area contributed by atoms with E-state index in [9.17, 15) is 5.11 Å². The van der Waals surface area contributed by atoms with Crippen molar-refractivity contribution >= 4 is 11.6 Å². The van der Waals surface area contributed by atoms with Gasteiger partial charge in [0.05, 0.1) is 6.61 Å². The van der Waals surface area contributed by atoms with Crippen molar-refractivity contribution in [2.24, 2.45) is 0 Å². The van der Waals surface area contributed by atoms with Gasteiger partial charge in [-0.05, 0) is 24.1 Å². The van der Waals surface area contributed by atoms with Crippen molar-refractivity contribution in [1.29, 1.82) is 0 Å². The molecule has 7 nitrogen and oxygen atoms in total. The minimum Gasteiger partial charge on any atom is -0.508 e. The fraction of sp³-hybridized carbons (Fsp3) is 0.389. The smallest absolute Gasteiger partial charge is 0.254 e. The van der Waals surface area contributed by atoms with Crippen molar-refractivity contribution in [2.75, 3.05) is 24.6 Å². The summed E-state index contributed by atoms with van der Waals surface area (Å²) >= 11 is 0. The molecule has 1 aliphatic rings. The summed E-state index contributed by atoms with van der Waals surface area (Å²) in [7, 11) is 0. The molecule has 4 rings (SSSR count). The van der Waals surface area contributed by atoms with Gasteiger partial charge >= 0.3 is 0 Å². The highest BCUT2D eigenvalue weighted by molar-refractivity contribution is 5.48. The minimum absolute atomic E-state index is 0.0952. The second kappa shape index (κ2) is 6.68. The quantitative estimate of drug-likeness (QED) is 0.786. The molecule has 0 bridgehead atoms. The van der Waals surface area contributed by atoms with E-state index >= 15 is 0 Å². The number of hydrogen-bond donors (Lipinski definition) is 1. The molecular formula is C18H21N5O2. The van der Waals surface area contributed by atoms with Gasteiger partial charge < -0.3 is 14.7 Å². The summed E-state index contributed by atoms with van der Waals surface area (Å²) in [6.07, 6.45) is 3.39. The highest BCUT2D eigenvalue weighted by atomic mass is 16.5. The number of ether oxygens (including phenoxy) is 1. The van der Waals surface area contributed by atoms with Crippen LogP contribution in [-0.4, -0.2) is 44.4 Å². The second-order valence-corrected chi connectivity index (χ2v) is 6.23. The van der Waals surface area contributed by atoms with E-state index in [4.69, 9.17) is 4.74 Å². The van der Waals surface area contributed by atoms with Gasteiger partial charge in [0.15, 0.2) is 0 Å². The monoisotopic (exact) mass is 339 g/mol. The summed E-state index contributed by atoms with van der Waals surface area (Å²) in [4.78, 5) is 11.1. The number of aromatic hydroxyl groups is 1. The van der Waals surface area contributed by atoms with Crippen LogP contribution in [-0.2, 0) is 11.2 Å². The van der Waals surface area contributed by atoms with Crippen molar-refractivity contribution in [3.05, 3.63) is 47.9 Å². The summed E-state index contributed by atoms with van der Waals surface area (Å²) in [5, 5.41) is 14.1. The van der Waals surface area contributed by atoms with Crippen molar-refractivity contribution in [3.8, 4) is 5.75 Å². The van der Waals surface area contributed by atoms with Crippen molar-refractivity contribution in [1.82, 2.24) is 19.6 Å². The zero-order chi connectivity index (χ0) is 17.2. The number of aromatic nitrogens is 4. The number of morpholine rings is 1. The molecule has 0 spiro atoms. The molecular weight excluding hydrogens is 318 g/mol. The number of rotatable bonds is 4. The highest BCUT2D eigenvalue weighted by Crippen LogP contribution is 2.28. The lowest BCUT2D eigenvalue weighted by molar-refractivity contribution is 0.0392. The van der Waals surface area contributed by atoms with Crippen molar-refractivity contribution < 1.29 is 9.84 Å². The predicted molar refractivity (Wildman–Crippen MR) is 93.8 cm³/mol. The van der Waals surface area contributed by atoms with E-state index in [0.29, 0.717) is 18.9 Å². The number of aryl methyl sites for hydroxylation is 1. The molecule has 3 aromatic rings. The Hall–Kier alpha value is -2.67. The lowest BCUT2D eigenvalue weighted by Gasteiger charge is -2.34. The van der Waals surface area contributed by atoms with Crippen LogP contribution in [0.5, 0.6) is 5.75 Å². The van der Waals surface area contributed by atoms with Crippen LogP contribution in [0.25, 0.3) is 5.78 Å². The van der Waals surface area contributed by atoms with E-state index in [1.807, 2.05) is 12.1 Å². The first-order chi connectivity index (χ1) is 12.2. The van der Waals surface area contributed by atoms with Gasteiger partial charge in [0.25, 0.3) is 5.78 Å². The number of phenols is 1. The molecule has 0 aliphatic carbocycles. The van der Waals surface area contributed by atoms with Crippen LogP contribution in [0.2, 0.25) is 0 Å². The van der Waals surface area contributed by atoms with Gasteiger partial charge in [0.2, 0.25) is 0 Å². The Morgan fingerprint density at radius 2 is 2.24 bits per heavy atom. The van der Waals surface area contributed by atoms with Gasteiger partial charge in [-0.3, -0.25) is 0 Å². The predicted octanol–water partition coefficient (Wildman–Crippen LogP) is 2.36. The topological polar surface area (TPSA) is 75.8 Å². The maximum absolute atomic E-state index is 9.74. The third kappa shape index (κ3) is 3.15. The molecule has 3 heterocycles. The van der Waals surface area contributed by atoms with E-state index in [1.54, 1.807) is 16.6 Å². The number of benzene rings is 1. The molecule has 1 aromatic carbocycles. The van der Waals surface area contributed by atoms with Gasteiger partial charge in [-0.2, -0.15) is 14.6 Å². The van der Waals surface area contributed by atoms with Gasteiger partial charge in [-0.25, -0.2) is 4.98 Å². The average Bonchev–Trinajstić information content (AvgIpc) is 3.10. The third-order valence-electron chi connectivity index (χ3n) is 4.42. The maximum atomic E-state index is 9.74. The van der Waals surface area contributed by atoms with Crippen molar-refractivity contribution in [2.45, 2.75) is 25.9 Å². The standard InChI is InChI=1S/C18H21N5O2/c1-2-4-14-10-17(23-18(21-14)19-12-20-23)22-7-8-25-16(11-22)13-5-3-6-15(24)9-13/h3,5-6,9-10,12,16,24H,2,4,7-8,11H2,1H3. The largest absolute Gasteiger partial charge is 0.508 e. The summed E-state index contributed by atoms with van der Waals surface area (Å²) in [6.45, 7) is 4.22. The first kappa shape index (κ1) is 15.8. The van der Waals surface area contributed by atoms with E-state index in [0.717, 1.165) is 36.5 Å². The van der Waals surface area contributed by atoms with Crippen molar-refractivity contribution in [3.63, 3.8) is 0 Å². The number of fused-ring (bicyclic) bond motifs is 1. The van der Waals surface area contributed by atoms with Gasteiger partial charge in [0, 0.05) is 24.8 Å². The molecule has 130 valence electrons. The first-order valence-electron chi connectivity index (χ1n) is 8.59. The van der Waals surface area contributed by atoms with Crippen LogP contribution in [0.15, 0.2) is 36.7 Å². The molecule has 1 aliphatic heterocycles. The molecule has 2 aromatic heterocycles. The molecule has 0 saturated carbocycles. The third-order valence-corrected chi connectivity index (χ3v) is 4.42. The average molecular weight is 339 g/mol. The maximum Gasteiger partial charge on any atom is 0.254 e. The second-order valence-electron chi connectivity index (χ2n) is 6.23. The summed E-state index contributed by atoms with van der Waals surface area (Å²) in [5.41, 5.74) is 2.00. The molecule has 1 N–H and O–H groups in total. The summed E-state index contributed by atoms with van der Waals surface area (Å²) in [6, 6.07) is 9.34. The lowest BCUT2D eigenvalue weighted by atomic mass is 10.1. The molecule has 0 amide bonds. The van der Waals surface area contributed by atoms with E-state index in [1.165, 1.54) is 6.33 Å². The normalized spacial score (nSPS) is 18.0. The summed E-state index contributed by atoms with van der Waals surface area (Å²) < 4.78 is 7.71. The molecule has 1 fully saturated rings. The van der Waals surface area contributed by atoms with Crippen LogP contribution in [0.1, 0.15) is 30.7 Å². The van der Waals surface area contributed by atoms with E-state index in [-0.39, 0.29) is 11.9 Å². The number of phenolic OH excluding ortho intramolecular Hbond substituents is 1. The Morgan fingerprint density at radius 1 is 1.32 bits per heavy atom. The molecule has 1 atom stereocenters. The van der Waals surface area contributed by atoms with Crippen LogP contribution >= 0.6 is 0 Å². The van der Waals surface area contributed by atoms with Gasteiger partial charge in [-0.1, -0.05) is 25.5 Å². The number of anilines is 1. The SMILES string of the molecule is CCCc1cc(N2CCOC(c3cccc(O)c3)C2)n2ncnc2n1. The Labute approximate surface area is 145 Å². The minimum atomic E-state index is -0.0952. The Bertz CT molecular complexity index is 879. The fourth-order valence-electron chi connectivity index (χ4n) is 3.24. The molecule has 1 unspecified atom stereocenters. The number of hydrogen-bond acceptors (Lipinski definition) is 6. The number of nitrogens with zero attached hydrogens (tertiary/aromatic N) is 5. The molecule has 7 heteroatoms. The molecule has 25 heavy (non-hydrogen) atoms. The summed E-state index contributed by atoms with van der Waals surface area (Å²) in [5.74, 6) is 1.87. The van der Waals surface area contributed by atoms with Crippen LogP contribution in [0.4, 0.5) is 5.82 Å². The van der Waals surface area contributed by atoms with Crippen LogP contribution in [0, 0.1) is 0 Å². The van der Waals surface area contributed by atoms with Gasteiger partial charge in [-0.15, -0.1) is 0 Å². The Kier molecular flexibility index (Phi) is 4.23. The van der Waals surface area contributed by atoms with Gasteiger partial charge in [0.1, 0.15) is 24.0 Å². The zero-order valence-corrected chi connectivity index (χ0v) is 14.2. The Balaban J connectivity index is 1.67. The Morgan fingerprint density at radius 3 is 3.08 bits per heavy atom. The van der Waals surface area contributed by atoms with E-state index < -0.39 is 0 Å². The van der Waals surface area contributed by atoms with Crippen LogP contribution in [0.3, 0.4) is 0 Å². The fourth-order valence-corrected chi connectivity index (χ4v) is 3.24. The lowest BCUT2D eigenvalue weighted by Crippen LogP contribution is -2.39.